The van der Waals surface area contributed by atoms with E-state index in [2.05, 4.69) is 9.71 Å². The molecule has 2 aromatic rings. The van der Waals surface area contributed by atoms with Gasteiger partial charge in [-0.05, 0) is 41.3 Å². The van der Waals surface area contributed by atoms with Gasteiger partial charge in [0.25, 0.3) is 0 Å². The van der Waals surface area contributed by atoms with Crippen LogP contribution in [0.2, 0.25) is 5.02 Å². The quantitative estimate of drug-likeness (QED) is 0.550. The van der Waals surface area contributed by atoms with Gasteiger partial charge in [0.2, 0.25) is 15.9 Å². The number of Topliss-reactive ketones (excluding diaryl/α,β-unsaturated/α-hetero) is 1. The summed E-state index contributed by atoms with van der Waals surface area (Å²) in [5.41, 5.74) is -0.216. The molecule has 1 saturated heterocycles. The van der Waals surface area contributed by atoms with Gasteiger partial charge in [-0.25, -0.2) is 21.2 Å². The van der Waals surface area contributed by atoms with Gasteiger partial charge in [-0.2, -0.15) is 0 Å². The SMILES string of the molecule is CC(C)(C)[C@H]1C(=O)C(C2=Nc3ccc(NS(C)(=O)=O)cc3S(=O)(=O)C2)C(=O)N1Cc1ccc(F)c(Cl)c1. The van der Waals surface area contributed by atoms with Crippen LogP contribution in [0.3, 0.4) is 0 Å². The Kier molecular flexibility index (Phi) is 6.75. The monoisotopic (exact) mass is 569 g/mol. The highest BCUT2D eigenvalue weighted by atomic mass is 35.5. The maximum atomic E-state index is 13.6. The van der Waals surface area contributed by atoms with E-state index in [1.165, 1.54) is 35.2 Å². The van der Waals surface area contributed by atoms with E-state index in [1.54, 1.807) is 20.8 Å². The number of amides is 1. The molecule has 4 rings (SSSR count). The van der Waals surface area contributed by atoms with Gasteiger partial charge in [0.15, 0.2) is 15.6 Å². The number of sulfone groups is 1. The van der Waals surface area contributed by atoms with E-state index >= 15 is 0 Å². The lowest BCUT2D eigenvalue weighted by molar-refractivity contribution is -0.132. The summed E-state index contributed by atoms with van der Waals surface area (Å²) >= 11 is 5.90. The standard InChI is InChI=1S/C24H25ClFN3O6S2/c1-24(2,3)22-21(30)20(23(31)29(22)11-13-5-7-16(26)15(25)9-13)18-12-37(34,35)19-10-14(28-36(4,32)33)6-8-17(19)27-18/h5-10,20,22,28H,11-12H2,1-4H3/t20?,22-/m1/s1. The van der Waals surface area contributed by atoms with Crippen LogP contribution in [0.5, 0.6) is 0 Å². The fourth-order valence-corrected chi connectivity index (χ4v) is 6.94. The molecule has 37 heavy (non-hydrogen) atoms. The number of ketones is 1. The minimum Gasteiger partial charge on any atom is -0.327 e. The van der Waals surface area contributed by atoms with E-state index in [9.17, 15) is 30.8 Å². The summed E-state index contributed by atoms with van der Waals surface area (Å²) < 4.78 is 65.2. The Bertz CT molecular complexity index is 1570. The Balaban J connectivity index is 1.75. The third-order valence-electron chi connectivity index (χ3n) is 6.09. The Hall–Kier alpha value is -2.83. The molecule has 0 aromatic heterocycles. The summed E-state index contributed by atoms with van der Waals surface area (Å²) in [7, 11) is -7.68. The lowest BCUT2D eigenvalue weighted by Gasteiger charge is -2.33. The highest BCUT2D eigenvalue weighted by molar-refractivity contribution is 7.92. The number of fused-ring (bicyclic) bond motifs is 1. The predicted molar refractivity (Wildman–Crippen MR) is 138 cm³/mol. The van der Waals surface area contributed by atoms with Crippen molar-refractivity contribution in [3.8, 4) is 0 Å². The van der Waals surface area contributed by atoms with Crippen molar-refractivity contribution in [3.05, 3.63) is 52.8 Å². The first-order valence-electron chi connectivity index (χ1n) is 11.2. The summed E-state index contributed by atoms with van der Waals surface area (Å²) in [6.45, 7) is 5.35. The fourth-order valence-electron chi connectivity index (χ4n) is 4.67. The molecule has 0 aliphatic carbocycles. The maximum absolute atomic E-state index is 13.6. The molecular weight excluding hydrogens is 545 g/mol. The molecule has 9 nitrogen and oxygen atoms in total. The number of carbonyl (C=O) groups is 2. The van der Waals surface area contributed by atoms with Crippen LogP contribution in [0, 0.1) is 17.2 Å². The summed E-state index contributed by atoms with van der Waals surface area (Å²) in [4.78, 5) is 32.8. The zero-order chi connectivity index (χ0) is 27.5. The van der Waals surface area contributed by atoms with Crippen molar-refractivity contribution in [2.24, 2.45) is 16.3 Å². The van der Waals surface area contributed by atoms with Crippen LogP contribution in [-0.4, -0.2) is 57.2 Å². The van der Waals surface area contributed by atoms with E-state index in [0.717, 1.165) is 12.3 Å². The zero-order valence-electron chi connectivity index (χ0n) is 20.4. The normalized spacial score (nSPS) is 21.6. The average Bonchev–Trinajstić information content (AvgIpc) is 2.99. The van der Waals surface area contributed by atoms with E-state index < -0.39 is 60.5 Å². The van der Waals surface area contributed by atoms with Gasteiger partial charge < -0.3 is 4.90 Å². The molecule has 2 aliphatic rings. The first-order valence-corrected chi connectivity index (χ1v) is 15.1. The van der Waals surface area contributed by atoms with E-state index in [-0.39, 0.29) is 33.5 Å². The zero-order valence-corrected chi connectivity index (χ0v) is 22.8. The molecule has 2 aliphatic heterocycles. The van der Waals surface area contributed by atoms with Crippen molar-refractivity contribution in [1.82, 2.24) is 4.90 Å². The van der Waals surface area contributed by atoms with E-state index in [1.807, 2.05) is 0 Å². The highest BCUT2D eigenvalue weighted by Gasteiger charge is 2.54. The van der Waals surface area contributed by atoms with Crippen molar-refractivity contribution in [2.75, 3.05) is 16.7 Å². The minimum atomic E-state index is -4.04. The number of sulfonamides is 1. The molecule has 0 radical (unpaired) electrons. The van der Waals surface area contributed by atoms with Crippen molar-refractivity contribution in [3.63, 3.8) is 0 Å². The first-order chi connectivity index (χ1) is 17.0. The van der Waals surface area contributed by atoms with Crippen LogP contribution in [0.1, 0.15) is 26.3 Å². The number of aliphatic imine (C=N–C) groups is 1. The number of halogens is 2. The van der Waals surface area contributed by atoms with Gasteiger partial charge in [-0.3, -0.25) is 19.3 Å². The summed E-state index contributed by atoms with van der Waals surface area (Å²) in [6, 6.07) is 6.96. The summed E-state index contributed by atoms with van der Waals surface area (Å²) in [6.07, 6.45) is 0.936. The lowest BCUT2D eigenvalue weighted by Crippen LogP contribution is -2.44. The van der Waals surface area contributed by atoms with Gasteiger partial charge >= 0.3 is 0 Å². The number of anilines is 1. The summed E-state index contributed by atoms with van der Waals surface area (Å²) in [5, 5.41) is -0.122. The lowest BCUT2D eigenvalue weighted by atomic mass is 9.82. The Morgan fingerprint density at radius 1 is 1.16 bits per heavy atom. The van der Waals surface area contributed by atoms with E-state index in [0.29, 0.717) is 5.56 Å². The van der Waals surface area contributed by atoms with Crippen molar-refractivity contribution in [2.45, 2.75) is 38.3 Å². The molecule has 0 bridgehead atoms. The molecule has 13 heteroatoms. The van der Waals surface area contributed by atoms with Gasteiger partial charge in [-0.15, -0.1) is 0 Å². The van der Waals surface area contributed by atoms with Crippen LogP contribution in [-0.2, 0) is 36.0 Å². The molecular formula is C24H25ClFN3O6S2. The van der Waals surface area contributed by atoms with Crippen LogP contribution in [0.25, 0.3) is 0 Å². The third kappa shape index (κ3) is 5.41. The number of carbonyl (C=O) groups excluding carboxylic acids is 2. The maximum Gasteiger partial charge on any atom is 0.239 e. The van der Waals surface area contributed by atoms with Crippen LogP contribution in [0.15, 0.2) is 46.3 Å². The molecule has 1 fully saturated rings. The minimum absolute atomic E-state index is 0.0111. The molecule has 2 heterocycles. The van der Waals surface area contributed by atoms with Gasteiger partial charge in [-0.1, -0.05) is 38.4 Å². The molecule has 1 amide bonds. The number of benzene rings is 2. The van der Waals surface area contributed by atoms with Crippen LogP contribution >= 0.6 is 11.6 Å². The second-order valence-corrected chi connectivity index (χ2v) is 14.4. The largest absolute Gasteiger partial charge is 0.327 e. The van der Waals surface area contributed by atoms with Crippen molar-refractivity contribution >= 4 is 60.2 Å². The Labute approximate surface area is 219 Å². The second-order valence-electron chi connectivity index (χ2n) is 10.2. The molecule has 2 aromatic carbocycles. The Morgan fingerprint density at radius 3 is 2.43 bits per heavy atom. The smallest absolute Gasteiger partial charge is 0.239 e. The average molecular weight is 570 g/mol. The Morgan fingerprint density at radius 2 is 1.84 bits per heavy atom. The molecule has 0 saturated carbocycles. The molecule has 0 spiro atoms. The van der Waals surface area contributed by atoms with E-state index in [4.69, 9.17) is 11.6 Å². The number of likely N-dealkylation sites (tertiary alicyclic amines) is 1. The number of nitrogens with zero attached hydrogens (tertiary/aromatic N) is 2. The third-order valence-corrected chi connectivity index (χ3v) is 8.66. The van der Waals surface area contributed by atoms with Crippen molar-refractivity contribution in [1.29, 1.82) is 0 Å². The van der Waals surface area contributed by atoms with Crippen LogP contribution in [0.4, 0.5) is 15.8 Å². The molecule has 1 unspecified atom stereocenters. The van der Waals surface area contributed by atoms with Gasteiger partial charge in [0.05, 0.1) is 39.4 Å². The fraction of sp³-hybridized carbons (Fsp3) is 0.375. The summed E-state index contributed by atoms with van der Waals surface area (Å²) in [5.74, 6) is -3.76. The molecule has 1 N–H and O–H groups in total. The highest BCUT2D eigenvalue weighted by Crippen LogP contribution is 2.39. The first kappa shape index (κ1) is 27.2. The van der Waals surface area contributed by atoms with Crippen LogP contribution < -0.4 is 4.72 Å². The van der Waals surface area contributed by atoms with Gasteiger partial charge in [0, 0.05) is 12.2 Å². The van der Waals surface area contributed by atoms with Gasteiger partial charge in [0.1, 0.15) is 11.7 Å². The molecule has 2 atom stereocenters. The second kappa shape index (κ2) is 9.17. The number of rotatable bonds is 5. The molecule has 198 valence electrons. The number of hydrogen-bond acceptors (Lipinski definition) is 7. The predicted octanol–water partition coefficient (Wildman–Crippen LogP) is 3.35. The number of hydrogen-bond donors (Lipinski definition) is 1. The van der Waals surface area contributed by atoms with Crippen molar-refractivity contribution < 1.29 is 30.8 Å². The number of nitrogens with one attached hydrogen (secondary N) is 1. The topological polar surface area (TPSA) is 130 Å².